The molecule has 1 aliphatic rings. The number of hydrogen-bond donors (Lipinski definition) is 0. The summed E-state index contributed by atoms with van der Waals surface area (Å²) in [6.07, 6.45) is 0. The monoisotopic (exact) mass is 686 g/mol. The summed E-state index contributed by atoms with van der Waals surface area (Å²) in [5.74, 6) is 0.475. The van der Waals surface area contributed by atoms with Gasteiger partial charge in [0.1, 0.15) is 21.3 Å². The maximum atomic E-state index is 13.3. The molecular weight excluding hydrogens is 653 g/mol. The molecular formula is C41H34O6S2. The summed E-state index contributed by atoms with van der Waals surface area (Å²) in [6.45, 7) is 7.34. The number of benzene rings is 6. The predicted octanol–water partition coefficient (Wildman–Crippen LogP) is 8.82. The molecule has 6 nitrogen and oxygen atoms in total. The van der Waals surface area contributed by atoms with Gasteiger partial charge in [0, 0.05) is 0 Å². The normalized spacial score (nSPS) is 13.4. The van der Waals surface area contributed by atoms with Crippen molar-refractivity contribution in [1.29, 1.82) is 0 Å². The lowest BCUT2D eigenvalue weighted by Gasteiger charge is -2.34. The molecule has 0 heterocycles. The highest BCUT2D eigenvalue weighted by atomic mass is 32.2. The fraction of sp³-hybridized carbons (Fsp3) is 0.122. The Labute approximate surface area is 287 Å². The first-order valence-electron chi connectivity index (χ1n) is 15.8. The molecule has 8 heteroatoms. The quantitative estimate of drug-likeness (QED) is 0.149. The fourth-order valence-corrected chi connectivity index (χ4v) is 9.04. The third-order valence-electron chi connectivity index (χ3n) is 9.12. The second kappa shape index (κ2) is 12.1. The lowest BCUT2D eigenvalue weighted by molar-refractivity contribution is 0.482. The number of fused-ring (bicyclic) bond motifs is 3. The number of rotatable bonds is 8. The van der Waals surface area contributed by atoms with E-state index in [0.29, 0.717) is 11.1 Å². The fourth-order valence-electron chi connectivity index (χ4n) is 6.85. The molecule has 49 heavy (non-hydrogen) atoms. The van der Waals surface area contributed by atoms with E-state index in [0.717, 1.165) is 44.5 Å². The highest BCUT2D eigenvalue weighted by Gasteiger charge is 2.46. The zero-order valence-corrected chi connectivity index (χ0v) is 29.1. The minimum atomic E-state index is -4.07. The van der Waals surface area contributed by atoms with Crippen LogP contribution in [0.5, 0.6) is 11.5 Å². The molecule has 0 atom stereocenters. The van der Waals surface area contributed by atoms with Gasteiger partial charge >= 0.3 is 20.2 Å². The zero-order chi connectivity index (χ0) is 34.6. The van der Waals surface area contributed by atoms with E-state index in [1.165, 1.54) is 12.1 Å². The Bertz CT molecular complexity index is 2310. The summed E-state index contributed by atoms with van der Waals surface area (Å²) >= 11 is 0. The summed E-state index contributed by atoms with van der Waals surface area (Å²) in [6, 6.07) is 40.9. The third-order valence-corrected chi connectivity index (χ3v) is 11.6. The van der Waals surface area contributed by atoms with Crippen LogP contribution in [-0.4, -0.2) is 16.8 Å². The van der Waals surface area contributed by atoms with Crippen molar-refractivity contribution < 1.29 is 25.2 Å². The molecule has 6 aromatic carbocycles. The smallest absolute Gasteiger partial charge is 0.339 e. The van der Waals surface area contributed by atoms with Crippen LogP contribution in [0.15, 0.2) is 143 Å². The predicted molar refractivity (Wildman–Crippen MR) is 191 cm³/mol. The van der Waals surface area contributed by atoms with E-state index in [9.17, 15) is 16.8 Å². The van der Waals surface area contributed by atoms with Crippen molar-refractivity contribution in [3.63, 3.8) is 0 Å². The van der Waals surface area contributed by atoms with Crippen LogP contribution >= 0.6 is 0 Å². The van der Waals surface area contributed by atoms with Gasteiger partial charge in [-0.3, -0.25) is 0 Å². The zero-order valence-electron chi connectivity index (χ0n) is 27.5. The van der Waals surface area contributed by atoms with Crippen molar-refractivity contribution in [2.45, 2.75) is 42.9 Å². The summed E-state index contributed by atoms with van der Waals surface area (Å²) in [5, 5.41) is 0. The van der Waals surface area contributed by atoms with E-state index in [2.05, 4.69) is 24.3 Å². The van der Waals surface area contributed by atoms with E-state index in [-0.39, 0.29) is 21.3 Å². The minimum Gasteiger partial charge on any atom is -0.379 e. The first-order valence-corrected chi connectivity index (χ1v) is 18.7. The average Bonchev–Trinajstić information content (AvgIpc) is 3.38. The van der Waals surface area contributed by atoms with E-state index in [1.807, 2.05) is 88.4 Å². The van der Waals surface area contributed by atoms with Gasteiger partial charge in [-0.05, 0) is 120 Å². The molecule has 6 aromatic rings. The van der Waals surface area contributed by atoms with Crippen LogP contribution in [0.4, 0.5) is 0 Å². The Hall–Kier alpha value is -5.18. The average molecular weight is 687 g/mol. The lowest BCUT2D eigenvalue weighted by Crippen LogP contribution is -2.29. The van der Waals surface area contributed by atoms with E-state index in [4.69, 9.17) is 8.37 Å². The molecule has 0 N–H and O–H groups in total. The maximum absolute atomic E-state index is 13.3. The Morgan fingerprint density at radius 1 is 0.449 bits per heavy atom. The van der Waals surface area contributed by atoms with Crippen molar-refractivity contribution in [1.82, 2.24) is 0 Å². The van der Waals surface area contributed by atoms with Gasteiger partial charge in [0.25, 0.3) is 0 Å². The van der Waals surface area contributed by atoms with Crippen LogP contribution in [-0.2, 0) is 25.7 Å². The highest BCUT2D eigenvalue weighted by molar-refractivity contribution is 7.87. The second-order valence-corrected chi connectivity index (χ2v) is 15.6. The van der Waals surface area contributed by atoms with Gasteiger partial charge in [-0.25, -0.2) is 0 Å². The van der Waals surface area contributed by atoms with Crippen molar-refractivity contribution in [2.24, 2.45) is 0 Å². The van der Waals surface area contributed by atoms with Gasteiger partial charge in [-0.2, -0.15) is 16.8 Å². The molecule has 0 radical (unpaired) electrons. The second-order valence-electron chi connectivity index (χ2n) is 12.5. The molecule has 0 fully saturated rings. The largest absolute Gasteiger partial charge is 0.379 e. The van der Waals surface area contributed by atoms with Gasteiger partial charge in [0.05, 0.1) is 5.41 Å². The van der Waals surface area contributed by atoms with Gasteiger partial charge in [-0.15, -0.1) is 0 Å². The molecule has 1 aliphatic carbocycles. The van der Waals surface area contributed by atoms with E-state index >= 15 is 0 Å². The molecule has 0 saturated carbocycles. The Kier molecular flexibility index (Phi) is 7.96. The molecule has 0 aliphatic heterocycles. The van der Waals surface area contributed by atoms with Crippen LogP contribution in [0, 0.1) is 27.7 Å². The van der Waals surface area contributed by atoms with Gasteiger partial charge in [0.2, 0.25) is 0 Å². The van der Waals surface area contributed by atoms with E-state index < -0.39 is 25.7 Å². The van der Waals surface area contributed by atoms with Gasteiger partial charge in [-0.1, -0.05) is 97.1 Å². The number of hydrogen-bond acceptors (Lipinski definition) is 6. The lowest BCUT2D eigenvalue weighted by atomic mass is 9.67. The molecule has 0 bridgehead atoms. The highest BCUT2D eigenvalue weighted by Crippen LogP contribution is 2.56. The van der Waals surface area contributed by atoms with Gasteiger partial charge < -0.3 is 8.37 Å². The van der Waals surface area contributed by atoms with Crippen molar-refractivity contribution in [3.05, 3.63) is 178 Å². The van der Waals surface area contributed by atoms with Crippen LogP contribution in [0.1, 0.15) is 44.5 Å². The van der Waals surface area contributed by atoms with Crippen LogP contribution in [0.25, 0.3) is 11.1 Å². The van der Waals surface area contributed by atoms with Crippen molar-refractivity contribution in [2.75, 3.05) is 0 Å². The topological polar surface area (TPSA) is 86.7 Å². The molecule has 0 spiro atoms. The molecule has 7 rings (SSSR count). The third kappa shape index (κ3) is 5.61. The van der Waals surface area contributed by atoms with Crippen LogP contribution in [0.3, 0.4) is 0 Å². The first kappa shape index (κ1) is 32.4. The summed E-state index contributed by atoms with van der Waals surface area (Å²) in [5.41, 5.74) is 8.20. The Morgan fingerprint density at radius 3 is 1.24 bits per heavy atom. The molecule has 0 aromatic heterocycles. The molecule has 0 saturated heterocycles. The van der Waals surface area contributed by atoms with Crippen LogP contribution < -0.4 is 8.37 Å². The standard InChI is InChI=1S/C41H34O6S2/c1-27-11-9-13-33(23-27)48(42,43)46-39-21-19-31(25-29(39)3)41(37-17-7-5-15-35(37)36-16-6-8-18-38(36)41)32-20-22-40(30(4)26-32)47-49(44,45)34-14-10-12-28(2)24-34/h5-26H,1-4H3. The summed E-state index contributed by atoms with van der Waals surface area (Å²) in [7, 11) is -8.13. The molecule has 246 valence electrons. The summed E-state index contributed by atoms with van der Waals surface area (Å²) in [4.78, 5) is 0.182. The molecule has 0 unspecified atom stereocenters. The van der Waals surface area contributed by atoms with E-state index in [1.54, 1.807) is 36.4 Å². The maximum Gasteiger partial charge on any atom is 0.339 e. The SMILES string of the molecule is Cc1cccc(S(=O)(=O)Oc2ccc(C3(c4ccc(OS(=O)(=O)c5cccc(C)c5)c(C)c4)c4ccccc4-c4ccccc43)cc2C)c1. The Morgan fingerprint density at radius 2 is 0.857 bits per heavy atom. The number of aryl methyl sites for hydroxylation is 4. The van der Waals surface area contributed by atoms with Crippen molar-refractivity contribution in [3.8, 4) is 22.6 Å². The van der Waals surface area contributed by atoms with Crippen molar-refractivity contribution >= 4 is 20.2 Å². The molecule has 0 amide bonds. The minimum absolute atomic E-state index is 0.0910. The van der Waals surface area contributed by atoms with Crippen LogP contribution in [0.2, 0.25) is 0 Å². The van der Waals surface area contributed by atoms with Gasteiger partial charge in [0.15, 0.2) is 0 Å². The first-order chi connectivity index (χ1) is 23.4. The Balaban J connectivity index is 1.37. The summed E-state index contributed by atoms with van der Waals surface area (Å²) < 4.78 is 64.4.